The van der Waals surface area contributed by atoms with Crippen LogP contribution in [0.3, 0.4) is 0 Å². The molecule has 0 bridgehead atoms. The van der Waals surface area contributed by atoms with E-state index in [4.69, 9.17) is 4.74 Å². The molecular formula is C14H18N4O. The van der Waals surface area contributed by atoms with Crippen LogP contribution in [-0.4, -0.2) is 21.2 Å². The van der Waals surface area contributed by atoms with Gasteiger partial charge in [-0.15, -0.1) is 5.10 Å². The smallest absolute Gasteiger partial charge is 0.233 e. The molecule has 0 amide bonds. The van der Waals surface area contributed by atoms with Crippen molar-refractivity contribution in [2.24, 2.45) is 0 Å². The van der Waals surface area contributed by atoms with Crippen LogP contribution >= 0.6 is 0 Å². The number of rotatable bonds is 6. The molecule has 1 aliphatic rings. The Labute approximate surface area is 112 Å². The van der Waals surface area contributed by atoms with E-state index in [1.165, 1.54) is 12.8 Å². The molecule has 0 spiro atoms. The Kier molecular flexibility index (Phi) is 3.46. The Morgan fingerprint density at radius 2 is 2.21 bits per heavy atom. The summed E-state index contributed by atoms with van der Waals surface area (Å²) in [6.07, 6.45) is 2.59. The SMILES string of the molecule is Cc1cc(OCc2cccc(CNC3CC3)n2)n[nH]1. The summed E-state index contributed by atoms with van der Waals surface area (Å²) in [6, 6.07) is 8.61. The number of aromatic nitrogens is 3. The maximum Gasteiger partial charge on any atom is 0.233 e. The summed E-state index contributed by atoms with van der Waals surface area (Å²) < 4.78 is 5.58. The highest BCUT2D eigenvalue weighted by molar-refractivity contribution is 5.14. The molecule has 100 valence electrons. The molecule has 0 unspecified atom stereocenters. The van der Waals surface area contributed by atoms with Crippen LogP contribution in [0.1, 0.15) is 29.9 Å². The predicted molar refractivity (Wildman–Crippen MR) is 71.8 cm³/mol. The van der Waals surface area contributed by atoms with Crippen molar-refractivity contribution in [3.05, 3.63) is 41.3 Å². The highest BCUT2D eigenvalue weighted by atomic mass is 16.5. The summed E-state index contributed by atoms with van der Waals surface area (Å²) in [5.41, 5.74) is 2.98. The zero-order chi connectivity index (χ0) is 13.1. The molecule has 0 atom stereocenters. The van der Waals surface area contributed by atoms with Gasteiger partial charge in [-0.05, 0) is 31.9 Å². The van der Waals surface area contributed by atoms with E-state index in [0.29, 0.717) is 18.5 Å². The standard InChI is InChI=1S/C14H18N4O/c1-10-7-14(18-17-10)19-9-13-4-2-3-12(16-13)8-15-11-5-6-11/h2-4,7,11,15H,5-6,8-9H2,1H3,(H,17,18). The van der Waals surface area contributed by atoms with Crippen molar-refractivity contribution in [1.82, 2.24) is 20.5 Å². The Morgan fingerprint density at radius 3 is 2.95 bits per heavy atom. The Hall–Kier alpha value is -1.88. The third kappa shape index (κ3) is 3.54. The number of hydrogen-bond donors (Lipinski definition) is 2. The molecule has 5 heteroatoms. The van der Waals surface area contributed by atoms with Gasteiger partial charge >= 0.3 is 0 Å². The monoisotopic (exact) mass is 258 g/mol. The van der Waals surface area contributed by atoms with Gasteiger partial charge in [0, 0.05) is 24.3 Å². The Balaban J connectivity index is 1.55. The molecule has 2 aromatic rings. The minimum absolute atomic E-state index is 0.446. The molecule has 1 aliphatic carbocycles. The average Bonchev–Trinajstić information content (AvgIpc) is 3.16. The van der Waals surface area contributed by atoms with Gasteiger partial charge in [0.15, 0.2) is 0 Å². The van der Waals surface area contributed by atoms with Gasteiger partial charge in [-0.2, -0.15) is 0 Å². The van der Waals surface area contributed by atoms with Gasteiger partial charge in [0.25, 0.3) is 0 Å². The van der Waals surface area contributed by atoms with E-state index in [1.807, 2.05) is 31.2 Å². The molecule has 0 aliphatic heterocycles. The van der Waals surface area contributed by atoms with Crippen molar-refractivity contribution in [3.8, 4) is 5.88 Å². The lowest BCUT2D eigenvalue weighted by Crippen LogP contribution is -2.16. The minimum atomic E-state index is 0.446. The highest BCUT2D eigenvalue weighted by Crippen LogP contribution is 2.19. The molecular weight excluding hydrogens is 240 g/mol. The molecule has 5 nitrogen and oxygen atoms in total. The molecule has 1 fully saturated rings. The molecule has 0 saturated heterocycles. The van der Waals surface area contributed by atoms with Crippen molar-refractivity contribution in [3.63, 3.8) is 0 Å². The summed E-state index contributed by atoms with van der Waals surface area (Å²) in [6.45, 7) is 3.23. The molecule has 3 rings (SSSR count). The van der Waals surface area contributed by atoms with Crippen LogP contribution in [0, 0.1) is 6.92 Å². The second kappa shape index (κ2) is 5.40. The van der Waals surface area contributed by atoms with Gasteiger partial charge in [0.2, 0.25) is 5.88 Å². The number of hydrogen-bond acceptors (Lipinski definition) is 4. The third-order valence-corrected chi connectivity index (χ3v) is 3.06. The minimum Gasteiger partial charge on any atom is -0.470 e. The second-order valence-corrected chi connectivity index (χ2v) is 4.95. The molecule has 0 radical (unpaired) electrons. The van der Waals surface area contributed by atoms with E-state index >= 15 is 0 Å². The Morgan fingerprint density at radius 1 is 1.37 bits per heavy atom. The number of pyridine rings is 1. The molecule has 19 heavy (non-hydrogen) atoms. The maximum absolute atomic E-state index is 5.58. The van der Waals surface area contributed by atoms with Gasteiger partial charge in [-0.3, -0.25) is 10.1 Å². The lowest BCUT2D eigenvalue weighted by Gasteiger charge is -2.06. The van der Waals surface area contributed by atoms with Crippen LogP contribution in [0.15, 0.2) is 24.3 Å². The first-order valence-electron chi connectivity index (χ1n) is 6.62. The van der Waals surface area contributed by atoms with Crippen LogP contribution in [-0.2, 0) is 13.2 Å². The number of nitrogens with one attached hydrogen (secondary N) is 2. The van der Waals surface area contributed by atoms with Gasteiger partial charge in [0.1, 0.15) is 6.61 Å². The average molecular weight is 258 g/mol. The van der Waals surface area contributed by atoms with E-state index in [1.54, 1.807) is 0 Å². The van der Waals surface area contributed by atoms with E-state index in [-0.39, 0.29) is 0 Å². The largest absolute Gasteiger partial charge is 0.470 e. The number of aromatic amines is 1. The fourth-order valence-electron chi connectivity index (χ4n) is 1.86. The van der Waals surface area contributed by atoms with Crippen LogP contribution in [0.2, 0.25) is 0 Å². The summed E-state index contributed by atoms with van der Waals surface area (Å²) in [5.74, 6) is 0.612. The summed E-state index contributed by atoms with van der Waals surface area (Å²) in [7, 11) is 0. The summed E-state index contributed by atoms with van der Waals surface area (Å²) in [4.78, 5) is 4.57. The molecule has 2 heterocycles. The predicted octanol–water partition coefficient (Wildman–Crippen LogP) is 1.94. The van der Waals surface area contributed by atoms with Crippen LogP contribution < -0.4 is 10.1 Å². The highest BCUT2D eigenvalue weighted by Gasteiger charge is 2.20. The number of aryl methyl sites for hydroxylation is 1. The van der Waals surface area contributed by atoms with Crippen LogP contribution in [0.25, 0.3) is 0 Å². The van der Waals surface area contributed by atoms with Crippen LogP contribution in [0.4, 0.5) is 0 Å². The first-order valence-corrected chi connectivity index (χ1v) is 6.62. The van der Waals surface area contributed by atoms with Gasteiger partial charge in [-0.25, -0.2) is 0 Å². The zero-order valence-electron chi connectivity index (χ0n) is 11.0. The number of ether oxygens (including phenoxy) is 1. The lowest BCUT2D eigenvalue weighted by atomic mass is 10.3. The van der Waals surface area contributed by atoms with E-state index < -0.39 is 0 Å². The number of H-pyrrole nitrogens is 1. The van der Waals surface area contributed by atoms with Gasteiger partial charge in [-0.1, -0.05) is 6.07 Å². The van der Waals surface area contributed by atoms with Crippen molar-refractivity contribution in [1.29, 1.82) is 0 Å². The number of nitrogens with zero attached hydrogens (tertiary/aromatic N) is 2. The van der Waals surface area contributed by atoms with Crippen molar-refractivity contribution in [2.45, 2.75) is 39.0 Å². The molecule has 0 aromatic carbocycles. The van der Waals surface area contributed by atoms with E-state index in [9.17, 15) is 0 Å². The van der Waals surface area contributed by atoms with Gasteiger partial charge in [0.05, 0.1) is 11.4 Å². The fourth-order valence-corrected chi connectivity index (χ4v) is 1.86. The normalized spacial score (nSPS) is 14.6. The quantitative estimate of drug-likeness (QED) is 0.831. The topological polar surface area (TPSA) is 62.8 Å². The maximum atomic E-state index is 5.58. The van der Waals surface area contributed by atoms with Gasteiger partial charge < -0.3 is 10.1 Å². The first-order chi connectivity index (χ1) is 9.29. The molecule has 2 N–H and O–H groups in total. The molecule has 2 aromatic heterocycles. The Bertz CT molecular complexity index is 548. The van der Waals surface area contributed by atoms with E-state index in [2.05, 4.69) is 20.5 Å². The van der Waals surface area contributed by atoms with E-state index in [0.717, 1.165) is 23.6 Å². The van der Waals surface area contributed by atoms with Crippen molar-refractivity contribution in [2.75, 3.05) is 0 Å². The fraction of sp³-hybridized carbons (Fsp3) is 0.429. The zero-order valence-corrected chi connectivity index (χ0v) is 11.0. The lowest BCUT2D eigenvalue weighted by molar-refractivity contribution is 0.288. The van der Waals surface area contributed by atoms with Crippen molar-refractivity contribution < 1.29 is 4.74 Å². The van der Waals surface area contributed by atoms with Crippen LogP contribution in [0.5, 0.6) is 5.88 Å². The summed E-state index contributed by atoms with van der Waals surface area (Å²) >= 11 is 0. The second-order valence-electron chi connectivity index (χ2n) is 4.95. The molecule has 1 saturated carbocycles. The first kappa shape index (κ1) is 12.2. The summed E-state index contributed by atoms with van der Waals surface area (Å²) in [5, 5.41) is 10.3. The van der Waals surface area contributed by atoms with Crippen molar-refractivity contribution >= 4 is 0 Å². The third-order valence-electron chi connectivity index (χ3n) is 3.06.